The first-order chi connectivity index (χ1) is 14.0. The molecule has 152 valence electrons. The molecule has 3 heterocycles. The molecule has 0 unspecified atom stereocenters. The first-order valence-corrected chi connectivity index (χ1v) is 11.0. The summed E-state index contributed by atoms with van der Waals surface area (Å²) in [6, 6.07) is 10.0. The Morgan fingerprint density at radius 3 is 2.69 bits per heavy atom. The van der Waals surface area contributed by atoms with Gasteiger partial charge in [0.1, 0.15) is 10.6 Å². The molecule has 0 atom stereocenters. The molecule has 1 fully saturated rings. The molecular weight excluding hydrogens is 416 g/mol. The third-order valence-electron chi connectivity index (χ3n) is 4.75. The zero-order valence-corrected chi connectivity index (χ0v) is 17.0. The van der Waals surface area contributed by atoms with Gasteiger partial charge in [-0.3, -0.25) is 4.98 Å². The number of benzene rings is 1. The molecule has 0 bridgehead atoms. The Hall–Kier alpha value is -2.49. The van der Waals surface area contributed by atoms with Gasteiger partial charge in [-0.15, -0.1) is 0 Å². The lowest BCUT2D eigenvalue weighted by Crippen LogP contribution is -2.38. The van der Waals surface area contributed by atoms with Crippen LogP contribution < -0.4 is 4.74 Å². The number of hydrogen-bond donors (Lipinski definition) is 0. The van der Waals surface area contributed by atoms with Crippen molar-refractivity contribution in [2.75, 3.05) is 13.1 Å². The number of halogens is 1. The standard InChI is InChI=1S/C19H19ClN4O4S/c20-16-5-1-2-6-17(16)29(25,26)24-10-7-14(8-11-24)19-22-18(28-23-19)13-27-15-4-3-9-21-12-15/h1-6,9,12,14H,7-8,10-11,13H2. The fourth-order valence-electron chi connectivity index (χ4n) is 3.22. The molecule has 29 heavy (non-hydrogen) atoms. The van der Waals surface area contributed by atoms with Crippen molar-refractivity contribution in [2.45, 2.75) is 30.3 Å². The van der Waals surface area contributed by atoms with Crippen molar-refractivity contribution < 1.29 is 17.7 Å². The normalized spacial score (nSPS) is 16.0. The van der Waals surface area contributed by atoms with Gasteiger partial charge >= 0.3 is 0 Å². The minimum atomic E-state index is -3.62. The topological polar surface area (TPSA) is 98.4 Å². The maximum absolute atomic E-state index is 12.8. The van der Waals surface area contributed by atoms with Crippen LogP contribution in [0.15, 0.2) is 58.2 Å². The van der Waals surface area contributed by atoms with Crippen molar-refractivity contribution in [3.05, 3.63) is 65.5 Å². The lowest BCUT2D eigenvalue weighted by Gasteiger charge is -2.30. The van der Waals surface area contributed by atoms with E-state index in [1.54, 1.807) is 42.7 Å². The van der Waals surface area contributed by atoms with Gasteiger partial charge in [-0.05, 0) is 37.1 Å². The average molecular weight is 435 g/mol. The van der Waals surface area contributed by atoms with Gasteiger partial charge in [0.05, 0.1) is 11.2 Å². The summed E-state index contributed by atoms with van der Waals surface area (Å²) in [6.45, 7) is 0.890. The summed E-state index contributed by atoms with van der Waals surface area (Å²) >= 11 is 6.08. The van der Waals surface area contributed by atoms with Crippen LogP contribution in [0.25, 0.3) is 0 Å². The third-order valence-corrected chi connectivity index (χ3v) is 7.15. The predicted octanol–water partition coefficient (Wildman–Crippen LogP) is 3.27. The second-order valence-corrected chi connectivity index (χ2v) is 8.95. The van der Waals surface area contributed by atoms with Crippen molar-refractivity contribution in [3.8, 4) is 5.75 Å². The van der Waals surface area contributed by atoms with E-state index in [0.29, 0.717) is 43.4 Å². The fraction of sp³-hybridized carbons (Fsp3) is 0.316. The second-order valence-electron chi connectivity index (χ2n) is 6.63. The number of sulfonamides is 1. The van der Waals surface area contributed by atoms with Gasteiger partial charge in [0.25, 0.3) is 5.89 Å². The lowest BCUT2D eigenvalue weighted by molar-refractivity contribution is 0.241. The average Bonchev–Trinajstić information content (AvgIpc) is 3.22. The van der Waals surface area contributed by atoms with Crippen LogP contribution in [0.5, 0.6) is 5.75 Å². The smallest absolute Gasteiger partial charge is 0.264 e. The molecular formula is C19H19ClN4O4S. The van der Waals surface area contributed by atoms with Crippen LogP contribution in [0.4, 0.5) is 0 Å². The van der Waals surface area contributed by atoms with E-state index in [0.717, 1.165) is 0 Å². The monoisotopic (exact) mass is 434 g/mol. The minimum absolute atomic E-state index is 0.0311. The maximum atomic E-state index is 12.8. The van der Waals surface area contributed by atoms with E-state index >= 15 is 0 Å². The van der Waals surface area contributed by atoms with Gasteiger partial charge in [0.2, 0.25) is 10.0 Å². The molecule has 0 N–H and O–H groups in total. The Labute approximate surface area is 173 Å². The number of nitrogens with zero attached hydrogens (tertiary/aromatic N) is 4. The van der Waals surface area contributed by atoms with E-state index in [4.69, 9.17) is 20.9 Å². The molecule has 1 aliphatic heterocycles. The van der Waals surface area contributed by atoms with Gasteiger partial charge in [-0.25, -0.2) is 8.42 Å². The molecule has 1 aromatic carbocycles. The Bertz CT molecular complexity index is 1070. The lowest BCUT2D eigenvalue weighted by atomic mass is 9.98. The number of hydrogen-bond acceptors (Lipinski definition) is 7. The van der Waals surface area contributed by atoms with Crippen LogP contribution in [0.2, 0.25) is 5.02 Å². The summed E-state index contributed by atoms with van der Waals surface area (Å²) in [5, 5.41) is 4.27. The highest BCUT2D eigenvalue weighted by atomic mass is 35.5. The first-order valence-electron chi connectivity index (χ1n) is 9.14. The van der Waals surface area contributed by atoms with Crippen molar-refractivity contribution in [2.24, 2.45) is 0 Å². The number of piperidine rings is 1. The molecule has 1 saturated heterocycles. The van der Waals surface area contributed by atoms with Crippen LogP contribution in [0.1, 0.15) is 30.5 Å². The Morgan fingerprint density at radius 2 is 1.97 bits per heavy atom. The number of rotatable bonds is 6. The van der Waals surface area contributed by atoms with E-state index in [2.05, 4.69) is 15.1 Å². The zero-order valence-electron chi connectivity index (χ0n) is 15.4. The van der Waals surface area contributed by atoms with Gasteiger partial charge in [-0.1, -0.05) is 28.9 Å². The zero-order chi connectivity index (χ0) is 20.3. The molecule has 0 radical (unpaired) electrons. The van der Waals surface area contributed by atoms with E-state index in [1.165, 1.54) is 10.4 Å². The Balaban J connectivity index is 1.36. The van der Waals surface area contributed by atoms with Crippen molar-refractivity contribution >= 4 is 21.6 Å². The minimum Gasteiger partial charge on any atom is -0.482 e. The largest absolute Gasteiger partial charge is 0.482 e. The van der Waals surface area contributed by atoms with E-state index in [1.807, 2.05) is 0 Å². The van der Waals surface area contributed by atoms with E-state index in [9.17, 15) is 8.42 Å². The van der Waals surface area contributed by atoms with Crippen molar-refractivity contribution in [3.63, 3.8) is 0 Å². The Morgan fingerprint density at radius 1 is 1.17 bits per heavy atom. The van der Waals surface area contributed by atoms with Gasteiger partial charge in [0.15, 0.2) is 12.4 Å². The van der Waals surface area contributed by atoms with Crippen LogP contribution in [-0.2, 0) is 16.6 Å². The highest BCUT2D eigenvalue weighted by Gasteiger charge is 2.32. The summed E-state index contributed by atoms with van der Waals surface area (Å²) in [7, 11) is -3.62. The first kappa shape index (κ1) is 19.8. The molecule has 3 aromatic rings. The van der Waals surface area contributed by atoms with Crippen LogP contribution in [0, 0.1) is 0 Å². The molecule has 2 aromatic heterocycles. The maximum Gasteiger partial charge on any atom is 0.264 e. The van der Waals surface area contributed by atoms with Gasteiger partial charge in [0, 0.05) is 25.2 Å². The summed E-state index contributed by atoms with van der Waals surface area (Å²) in [5.41, 5.74) is 0. The molecule has 8 nitrogen and oxygen atoms in total. The summed E-state index contributed by atoms with van der Waals surface area (Å²) < 4.78 is 38.0. The molecule has 4 rings (SSSR count). The van der Waals surface area contributed by atoms with Crippen LogP contribution >= 0.6 is 11.6 Å². The quantitative estimate of drug-likeness (QED) is 0.587. The fourth-order valence-corrected chi connectivity index (χ4v) is 5.18. The molecule has 0 amide bonds. The molecule has 10 heteroatoms. The summed E-state index contributed by atoms with van der Waals surface area (Å²) in [4.78, 5) is 8.51. The number of ether oxygens (including phenoxy) is 1. The Kier molecular flexibility index (Phi) is 5.79. The molecule has 1 aliphatic rings. The summed E-state index contributed by atoms with van der Waals surface area (Å²) in [5.74, 6) is 1.59. The second kappa shape index (κ2) is 8.48. The molecule has 0 saturated carbocycles. The highest BCUT2D eigenvalue weighted by Crippen LogP contribution is 2.31. The van der Waals surface area contributed by atoms with E-state index < -0.39 is 10.0 Å². The molecule has 0 spiro atoms. The SMILES string of the molecule is O=S(=O)(c1ccccc1Cl)N1CCC(c2noc(COc3cccnc3)n2)CC1. The highest BCUT2D eigenvalue weighted by molar-refractivity contribution is 7.89. The van der Waals surface area contributed by atoms with Crippen LogP contribution in [0.3, 0.4) is 0 Å². The summed E-state index contributed by atoms with van der Waals surface area (Å²) in [6.07, 6.45) is 4.47. The predicted molar refractivity (Wildman–Crippen MR) is 105 cm³/mol. The van der Waals surface area contributed by atoms with Crippen molar-refractivity contribution in [1.29, 1.82) is 0 Å². The third kappa shape index (κ3) is 4.42. The van der Waals surface area contributed by atoms with Gasteiger partial charge < -0.3 is 9.26 Å². The molecule has 0 aliphatic carbocycles. The van der Waals surface area contributed by atoms with Crippen molar-refractivity contribution in [1.82, 2.24) is 19.4 Å². The van der Waals surface area contributed by atoms with Gasteiger partial charge in [-0.2, -0.15) is 9.29 Å². The van der Waals surface area contributed by atoms with E-state index in [-0.39, 0.29) is 22.4 Å². The number of pyridine rings is 1. The van der Waals surface area contributed by atoms with Crippen LogP contribution in [-0.4, -0.2) is 40.9 Å². The number of aromatic nitrogens is 3.